The predicted molar refractivity (Wildman–Crippen MR) is 133 cm³/mol. The first-order valence-corrected chi connectivity index (χ1v) is 12.6. The summed E-state index contributed by atoms with van der Waals surface area (Å²) in [6.45, 7) is 6.15. The molecule has 0 radical (unpaired) electrons. The molecule has 1 amide bonds. The van der Waals surface area contributed by atoms with E-state index in [1.54, 1.807) is 24.3 Å². The second-order valence-electron chi connectivity index (χ2n) is 8.39. The highest BCUT2D eigenvalue weighted by atomic mass is 32.2. The maximum atomic E-state index is 13.0. The van der Waals surface area contributed by atoms with E-state index in [1.165, 1.54) is 16.4 Å². The molecular weight excluding hydrogens is 450 g/mol. The number of piperazine rings is 1. The molecule has 1 fully saturated rings. The van der Waals surface area contributed by atoms with E-state index in [4.69, 9.17) is 0 Å². The van der Waals surface area contributed by atoms with Crippen LogP contribution in [-0.2, 0) is 14.8 Å². The van der Waals surface area contributed by atoms with Gasteiger partial charge in [-0.2, -0.15) is 9.40 Å². The molecule has 0 bridgehead atoms. The third-order valence-electron chi connectivity index (χ3n) is 5.95. The van der Waals surface area contributed by atoms with Crippen LogP contribution in [-0.4, -0.2) is 66.5 Å². The minimum absolute atomic E-state index is 0.176. The van der Waals surface area contributed by atoms with E-state index in [9.17, 15) is 13.2 Å². The first-order chi connectivity index (χ1) is 16.3. The van der Waals surface area contributed by atoms with E-state index >= 15 is 0 Å². The van der Waals surface area contributed by atoms with Crippen LogP contribution >= 0.6 is 0 Å². The largest absolute Gasteiger partial charge is 0.322 e. The fraction of sp³-hybridized carbons (Fsp3) is 0.280. The number of anilines is 1. The molecule has 0 aliphatic carbocycles. The number of sulfonamides is 1. The molecule has 0 spiro atoms. The van der Waals surface area contributed by atoms with Gasteiger partial charge in [-0.25, -0.2) is 13.1 Å². The van der Waals surface area contributed by atoms with Crippen molar-refractivity contribution in [1.82, 2.24) is 19.0 Å². The normalized spacial score (nSPS) is 15.6. The molecular formula is C25H29N5O3S. The highest BCUT2D eigenvalue weighted by Crippen LogP contribution is 2.22. The van der Waals surface area contributed by atoms with Crippen LogP contribution in [0.25, 0.3) is 11.8 Å². The number of carbonyl (C=O) groups is 1. The maximum Gasteiger partial charge on any atom is 0.248 e. The van der Waals surface area contributed by atoms with Gasteiger partial charge >= 0.3 is 0 Å². The quantitative estimate of drug-likeness (QED) is 0.549. The monoisotopic (exact) mass is 479 g/mol. The fourth-order valence-corrected chi connectivity index (χ4v) is 5.44. The first kappa shape index (κ1) is 23.9. The molecule has 34 heavy (non-hydrogen) atoms. The molecule has 1 aliphatic heterocycles. The van der Waals surface area contributed by atoms with Crippen LogP contribution < -0.4 is 5.32 Å². The number of nitrogens with zero attached hydrogens (tertiary/aromatic N) is 4. The Balaban J connectivity index is 1.48. The van der Waals surface area contributed by atoms with E-state index in [2.05, 4.69) is 15.3 Å². The number of hydrogen-bond donors (Lipinski definition) is 1. The Morgan fingerprint density at radius 3 is 2.41 bits per heavy atom. The Morgan fingerprint density at radius 1 is 1.00 bits per heavy atom. The van der Waals surface area contributed by atoms with Crippen molar-refractivity contribution in [2.24, 2.45) is 0 Å². The van der Waals surface area contributed by atoms with Gasteiger partial charge in [-0.15, -0.1) is 0 Å². The zero-order chi connectivity index (χ0) is 24.3. The number of hydrogen-bond acceptors (Lipinski definition) is 5. The molecule has 0 atom stereocenters. The third kappa shape index (κ3) is 5.11. The van der Waals surface area contributed by atoms with Gasteiger partial charge in [0.05, 0.1) is 16.3 Å². The van der Waals surface area contributed by atoms with E-state index in [0.29, 0.717) is 31.9 Å². The van der Waals surface area contributed by atoms with Crippen LogP contribution in [0.1, 0.15) is 17.0 Å². The van der Waals surface area contributed by atoms with E-state index < -0.39 is 10.0 Å². The lowest BCUT2D eigenvalue weighted by molar-refractivity contribution is -0.111. The summed E-state index contributed by atoms with van der Waals surface area (Å²) in [4.78, 5) is 14.9. The number of amides is 1. The summed E-state index contributed by atoms with van der Waals surface area (Å²) in [5, 5.41) is 7.36. The van der Waals surface area contributed by atoms with Gasteiger partial charge in [0.2, 0.25) is 15.9 Å². The number of para-hydroxylation sites is 1. The summed E-state index contributed by atoms with van der Waals surface area (Å²) >= 11 is 0. The molecule has 2 aromatic carbocycles. The van der Waals surface area contributed by atoms with Crippen molar-refractivity contribution in [2.45, 2.75) is 18.7 Å². The van der Waals surface area contributed by atoms with Crippen LogP contribution in [0, 0.1) is 13.8 Å². The van der Waals surface area contributed by atoms with Gasteiger partial charge in [0.1, 0.15) is 0 Å². The van der Waals surface area contributed by atoms with Crippen molar-refractivity contribution in [3.63, 3.8) is 0 Å². The predicted octanol–water partition coefficient (Wildman–Crippen LogP) is 3.08. The Labute approximate surface area is 200 Å². The van der Waals surface area contributed by atoms with Gasteiger partial charge in [-0.3, -0.25) is 4.79 Å². The minimum Gasteiger partial charge on any atom is -0.322 e. The van der Waals surface area contributed by atoms with Crippen molar-refractivity contribution in [2.75, 3.05) is 38.5 Å². The van der Waals surface area contributed by atoms with Crippen LogP contribution in [0.3, 0.4) is 0 Å². The van der Waals surface area contributed by atoms with E-state index in [0.717, 1.165) is 22.6 Å². The third-order valence-corrected chi connectivity index (χ3v) is 7.85. The average molecular weight is 480 g/mol. The molecule has 178 valence electrons. The van der Waals surface area contributed by atoms with Crippen molar-refractivity contribution < 1.29 is 13.2 Å². The van der Waals surface area contributed by atoms with Gasteiger partial charge in [0, 0.05) is 49.2 Å². The lowest BCUT2D eigenvalue weighted by Gasteiger charge is -2.31. The van der Waals surface area contributed by atoms with Crippen molar-refractivity contribution >= 4 is 27.7 Å². The van der Waals surface area contributed by atoms with Gasteiger partial charge in [0.15, 0.2) is 0 Å². The molecule has 1 saturated heterocycles. The molecule has 4 rings (SSSR count). The summed E-state index contributed by atoms with van der Waals surface area (Å²) in [6.07, 6.45) is 3.17. The number of likely N-dealkylation sites (N-methyl/N-ethyl adjacent to an activating group) is 1. The standard InChI is InChI=1S/C25H29N5O3S/c1-19-24(20(2)30(27-19)22-9-5-4-6-10-22)12-13-25(31)26-21-8-7-11-23(18-21)34(32,33)29-16-14-28(3)15-17-29/h4-13,18H,14-17H2,1-3H3,(H,26,31)/b13-12+. The Hall–Kier alpha value is -3.27. The highest BCUT2D eigenvalue weighted by Gasteiger charge is 2.27. The molecule has 9 heteroatoms. The lowest BCUT2D eigenvalue weighted by Crippen LogP contribution is -2.47. The SMILES string of the molecule is Cc1nn(-c2ccccc2)c(C)c1/C=C/C(=O)Nc1cccc(S(=O)(=O)N2CCN(C)CC2)c1. The van der Waals surface area contributed by atoms with Crippen LogP contribution in [0.5, 0.6) is 0 Å². The number of nitrogens with one attached hydrogen (secondary N) is 1. The average Bonchev–Trinajstić information content (AvgIpc) is 3.12. The van der Waals surface area contributed by atoms with E-state index in [-0.39, 0.29) is 10.8 Å². The smallest absolute Gasteiger partial charge is 0.248 e. The topological polar surface area (TPSA) is 87.5 Å². The second-order valence-corrected chi connectivity index (χ2v) is 10.3. The molecule has 1 N–H and O–H groups in total. The summed E-state index contributed by atoms with van der Waals surface area (Å²) in [7, 11) is -1.63. The van der Waals surface area contributed by atoms with Crippen LogP contribution in [0.4, 0.5) is 5.69 Å². The zero-order valence-corrected chi connectivity index (χ0v) is 20.4. The van der Waals surface area contributed by atoms with Gasteiger partial charge in [0.25, 0.3) is 0 Å². The Kier molecular flexibility index (Phi) is 6.97. The summed E-state index contributed by atoms with van der Waals surface area (Å²) in [5.74, 6) is -0.347. The van der Waals surface area contributed by atoms with Crippen molar-refractivity contribution in [3.05, 3.63) is 77.6 Å². The summed E-state index contributed by atoms with van der Waals surface area (Å²) < 4.78 is 29.4. The molecule has 1 aromatic heterocycles. The fourth-order valence-electron chi connectivity index (χ4n) is 3.97. The van der Waals surface area contributed by atoms with Gasteiger partial charge < -0.3 is 10.2 Å². The number of benzene rings is 2. The molecule has 1 aliphatic rings. The molecule has 2 heterocycles. The zero-order valence-electron chi connectivity index (χ0n) is 19.6. The Bertz CT molecular complexity index is 1310. The number of aromatic nitrogens is 2. The van der Waals surface area contributed by atoms with Crippen molar-refractivity contribution in [3.8, 4) is 5.69 Å². The van der Waals surface area contributed by atoms with Crippen molar-refractivity contribution in [1.29, 1.82) is 0 Å². The molecule has 0 saturated carbocycles. The lowest BCUT2D eigenvalue weighted by atomic mass is 10.2. The maximum absolute atomic E-state index is 13.0. The van der Waals surface area contributed by atoms with Crippen LogP contribution in [0.2, 0.25) is 0 Å². The number of aryl methyl sites for hydroxylation is 1. The van der Waals surface area contributed by atoms with Gasteiger partial charge in [-0.1, -0.05) is 24.3 Å². The molecule has 0 unspecified atom stereocenters. The highest BCUT2D eigenvalue weighted by molar-refractivity contribution is 7.89. The van der Waals surface area contributed by atoms with E-state index in [1.807, 2.05) is 55.9 Å². The summed E-state index contributed by atoms with van der Waals surface area (Å²) in [5.41, 5.74) is 3.98. The molecule has 3 aromatic rings. The van der Waals surface area contributed by atoms with Crippen LogP contribution in [0.15, 0.2) is 65.6 Å². The Morgan fingerprint density at radius 2 is 1.71 bits per heavy atom. The summed E-state index contributed by atoms with van der Waals surface area (Å²) in [6, 6.07) is 16.2. The number of carbonyl (C=O) groups excluding carboxylic acids is 1. The number of rotatable bonds is 6. The van der Waals surface area contributed by atoms with Gasteiger partial charge in [-0.05, 0) is 57.3 Å². The first-order valence-electron chi connectivity index (χ1n) is 11.1. The minimum atomic E-state index is -3.61. The second kappa shape index (κ2) is 9.92. The molecule has 8 nitrogen and oxygen atoms in total.